The highest BCUT2D eigenvalue weighted by Crippen LogP contribution is 2.15. The molecule has 0 radical (unpaired) electrons. The van der Waals surface area contributed by atoms with Crippen LogP contribution in [-0.4, -0.2) is 43.3 Å². The van der Waals surface area contributed by atoms with Crippen molar-refractivity contribution < 1.29 is 4.39 Å². The van der Waals surface area contributed by atoms with Crippen molar-refractivity contribution in [3.05, 3.63) is 0 Å². The quantitative estimate of drug-likeness (QED) is 0.672. The number of rotatable bonds is 2. The van der Waals surface area contributed by atoms with Crippen molar-refractivity contribution in [2.45, 2.75) is 38.5 Å². The van der Waals surface area contributed by atoms with Gasteiger partial charge in [0.25, 0.3) is 0 Å². The molecule has 1 N–H and O–H groups in total. The standard InChI is InChI=1S/C9H19FN2/c1-7(2)12(3)9-4-5-11-6-8(9)10/h7-9,11H,4-6H2,1-3H3. The zero-order valence-electron chi connectivity index (χ0n) is 8.18. The van der Waals surface area contributed by atoms with Gasteiger partial charge < -0.3 is 5.32 Å². The van der Waals surface area contributed by atoms with Crippen molar-refractivity contribution >= 4 is 0 Å². The van der Waals surface area contributed by atoms with Crippen molar-refractivity contribution in [3.63, 3.8) is 0 Å². The lowest BCUT2D eigenvalue weighted by Crippen LogP contribution is -2.51. The summed E-state index contributed by atoms with van der Waals surface area (Å²) < 4.78 is 13.4. The van der Waals surface area contributed by atoms with Crippen LogP contribution >= 0.6 is 0 Å². The Hall–Kier alpha value is -0.150. The molecular formula is C9H19FN2. The van der Waals surface area contributed by atoms with Crippen LogP contribution in [0.25, 0.3) is 0 Å². The second-order valence-electron chi connectivity index (χ2n) is 3.84. The molecule has 0 aromatic rings. The molecule has 3 heteroatoms. The van der Waals surface area contributed by atoms with Crippen LogP contribution in [0, 0.1) is 0 Å². The molecule has 1 fully saturated rings. The summed E-state index contributed by atoms with van der Waals surface area (Å²) in [6, 6.07) is 0.553. The summed E-state index contributed by atoms with van der Waals surface area (Å²) in [7, 11) is 2.01. The van der Waals surface area contributed by atoms with Crippen LogP contribution in [0.1, 0.15) is 20.3 Å². The monoisotopic (exact) mass is 174 g/mol. The summed E-state index contributed by atoms with van der Waals surface area (Å²) in [4.78, 5) is 2.13. The van der Waals surface area contributed by atoms with Gasteiger partial charge in [-0.3, -0.25) is 4.90 Å². The van der Waals surface area contributed by atoms with E-state index in [2.05, 4.69) is 24.1 Å². The van der Waals surface area contributed by atoms with Crippen molar-refractivity contribution in [2.24, 2.45) is 0 Å². The third-order valence-electron chi connectivity index (χ3n) is 2.71. The average Bonchev–Trinajstić information content (AvgIpc) is 2.04. The molecule has 1 saturated heterocycles. The Balaban J connectivity index is 2.47. The molecule has 2 atom stereocenters. The van der Waals surface area contributed by atoms with Gasteiger partial charge in [-0.15, -0.1) is 0 Å². The largest absolute Gasteiger partial charge is 0.314 e. The van der Waals surface area contributed by atoms with Crippen LogP contribution in [-0.2, 0) is 0 Å². The Morgan fingerprint density at radius 1 is 1.50 bits per heavy atom. The van der Waals surface area contributed by atoms with E-state index >= 15 is 0 Å². The summed E-state index contributed by atoms with van der Waals surface area (Å²) in [5, 5.41) is 3.06. The fourth-order valence-electron chi connectivity index (χ4n) is 1.65. The summed E-state index contributed by atoms with van der Waals surface area (Å²) in [6.45, 7) is 5.67. The second-order valence-corrected chi connectivity index (χ2v) is 3.84. The number of hydrogen-bond acceptors (Lipinski definition) is 2. The van der Waals surface area contributed by atoms with Crippen molar-refractivity contribution in [3.8, 4) is 0 Å². The first-order valence-electron chi connectivity index (χ1n) is 4.69. The van der Waals surface area contributed by atoms with E-state index in [9.17, 15) is 4.39 Å². The molecule has 0 aromatic carbocycles. The van der Waals surface area contributed by atoms with Crippen molar-refractivity contribution in [1.82, 2.24) is 10.2 Å². The normalized spacial score (nSPS) is 31.5. The summed E-state index contributed by atoms with van der Waals surface area (Å²) in [6.07, 6.45) is 0.224. The molecule has 0 bridgehead atoms. The van der Waals surface area contributed by atoms with Gasteiger partial charge in [0, 0.05) is 18.6 Å². The van der Waals surface area contributed by atoms with Gasteiger partial charge in [-0.25, -0.2) is 4.39 Å². The molecule has 0 saturated carbocycles. The maximum absolute atomic E-state index is 13.4. The Kier molecular flexibility index (Phi) is 3.47. The van der Waals surface area contributed by atoms with Gasteiger partial charge in [0.15, 0.2) is 0 Å². The highest BCUT2D eigenvalue weighted by atomic mass is 19.1. The molecule has 0 amide bonds. The number of nitrogens with one attached hydrogen (secondary N) is 1. The maximum atomic E-state index is 13.4. The van der Waals surface area contributed by atoms with E-state index in [-0.39, 0.29) is 6.04 Å². The van der Waals surface area contributed by atoms with Crippen molar-refractivity contribution in [1.29, 1.82) is 0 Å². The number of nitrogens with zero attached hydrogens (tertiary/aromatic N) is 1. The molecule has 0 aliphatic carbocycles. The molecule has 0 spiro atoms. The summed E-state index contributed by atoms with van der Waals surface area (Å²) in [5.41, 5.74) is 0. The Morgan fingerprint density at radius 3 is 2.67 bits per heavy atom. The second kappa shape index (κ2) is 4.19. The highest BCUT2D eigenvalue weighted by molar-refractivity contribution is 4.85. The van der Waals surface area contributed by atoms with E-state index in [4.69, 9.17) is 0 Å². The van der Waals surface area contributed by atoms with E-state index < -0.39 is 6.17 Å². The molecule has 2 nitrogen and oxygen atoms in total. The van der Waals surface area contributed by atoms with Gasteiger partial charge in [0.05, 0.1) is 0 Å². The SMILES string of the molecule is CC(C)N(C)C1CCNCC1F. The van der Waals surface area contributed by atoms with E-state index in [1.54, 1.807) is 0 Å². The van der Waals surface area contributed by atoms with Crippen LogP contribution < -0.4 is 5.32 Å². The predicted octanol–water partition coefficient (Wildman–Crippen LogP) is 1.03. The molecular weight excluding hydrogens is 155 g/mol. The first kappa shape index (κ1) is 9.93. The molecule has 1 rings (SSSR count). The van der Waals surface area contributed by atoms with Crippen LogP contribution in [0.5, 0.6) is 0 Å². The predicted molar refractivity (Wildman–Crippen MR) is 49.1 cm³/mol. The van der Waals surface area contributed by atoms with Crippen LogP contribution in [0.15, 0.2) is 0 Å². The topological polar surface area (TPSA) is 15.3 Å². The third-order valence-corrected chi connectivity index (χ3v) is 2.71. The van der Waals surface area contributed by atoms with E-state index in [0.717, 1.165) is 13.0 Å². The first-order chi connectivity index (χ1) is 5.63. The van der Waals surface area contributed by atoms with Gasteiger partial charge in [-0.1, -0.05) is 0 Å². The zero-order chi connectivity index (χ0) is 9.14. The smallest absolute Gasteiger partial charge is 0.128 e. The highest BCUT2D eigenvalue weighted by Gasteiger charge is 2.28. The van der Waals surface area contributed by atoms with Crippen LogP contribution in [0.3, 0.4) is 0 Å². The molecule has 2 unspecified atom stereocenters. The number of hydrogen-bond donors (Lipinski definition) is 1. The van der Waals surface area contributed by atoms with E-state index in [1.807, 2.05) is 7.05 Å². The Bertz CT molecular complexity index is 138. The number of alkyl halides is 1. The average molecular weight is 174 g/mol. The minimum absolute atomic E-state index is 0.117. The van der Waals surface area contributed by atoms with Gasteiger partial charge >= 0.3 is 0 Å². The van der Waals surface area contributed by atoms with Gasteiger partial charge in [-0.2, -0.15) is 0 Å². The van der Waals surface area contributed by atoms with Gasteiger partial charge in [0.2, 0.25) is 0 Å². The lowest BCUT2D eigenvalue weighted by atomic mass is 10.0. The van der Waals surface area contributed by atoms with Crippen LogP contribution in [0.4, 0.5) is 4.39 Å². The minimum Gasteiger partial charge on any atom is -0.314 e. The fraction of sp³-hybridized carbons (Fsp3) is 1.00. The number of halogens is 1. The van der Waals surface area contributed by atoms with E-state index in [0.29, 0.717) is 12.6 Å². The Morgan fingerprint density at radius 2 is 2.17 bits per heavy atom. The maximum Gasteiger partial charge on any atom is 0.128 e. The fourth-order valence-corrected chi connectivity index (χ4v) is 1.65. The summed E-state index contributed by atoms with van der Waals surface area (Å²) in [5.74, 6) is 0. The molecule has 1 heterocycles. The first-order valence-corrected chi connectivity index (χ1v) is 4.69. The number of piperidine rings is 1. The Labute approximate surface area is 74.1 Å². The third kappa shape index (κ3) is 2.17. The van der Waals surface area contributed by atoms with E-state index in [1.165, 1.54) is 0 Å². The zero-order valence-corrected chi connectivity index (χ0v) is 8.18. The molecule has 0 aromatic heterocycles. The minimum atomic E-state index is -0.703. The van der Waals surface area contributed by atoms with Crippen LogP contribution in [0.2, 0.25) is 0 Å². The molecule has 72 valence electrons. The lowest BCUT2D eigenvalue weighted by molar-refractivity contribution is 0.0835. The lowest BCUT2D eigenvalue weighted by Gasteiger charge is -2.36. The summed E-state index contributed by atoms with van der Waals surface area (Å²) >= 11 is 0. The van der Waals surface area contributed by atoms with Crippen molar-refractivity contribution in [2.75, 3.05) is 20.1 Å². The molecule has 1 aliphatic heterocycles. The molecule has 12 heavy (non-hydrogen) atoms. The molecule has 1 aliphatic rings. The van der Waals surface area contributed by atoms with Gasteiger partial charge in [-0.05, 0) is 33.9 Å². The van der Waals surface area contributed by atoms with Gasteiger partial charge in [0.1, 0.15) is 6.17 Å².